The van der Waals surface area contributed by atoms with Crippen molar-refractivity contribution in [3.05, 3.63) is 96.1 Å². The zero-order chi connectivity index (χ0) is 48.5. The highest BCUT2D eigenvalue weighted by Gasteiger charge is 2.65. The number of hydrogen-bond donors (Lipinski definition) is 3. The second kappa shape index (κ2) is 25.8. The van der Waals surface area contributed by atoms with Gasteiger partial charge in [0.2, 0.25) is 11.7 Å². The van der Waals surface area contributed by atoms with Crippen molar-refractivity contribution < 1.29 is 38.9 Å². The maximum absolute atomic E-state index is 15.4. The van der Waals surface area contributed by atoms with Gasteiger partial charge in [-0.2, -0.15) is 0 Å². The number of hydrogen-bond acceptors (Lipinski definition) is 9. The molecule has 372 valence electrons. The van der Waals surface area contributed by atoms with E-state index in [1.807, 2.05) is 56.9 Å². The Hall–Kier alpha value is -4.71. The van der Waals surface area contributed by atoms with E-state index in [1.165, 1.54) is 38.5 Å². The Labute approximate surface area is 406 Å². The first-order chi connectivity index (χ1) is 33.0. The smallest absolute Gasteiger partial charge is 0.412 e. The van der Waals surface area contributed by atoms with E-state index in [0.717, 1.165) is 78.1 Å². The predicted molar refractivity (Wildman–Crippen MR) is 272 cm³/mol. The monoisotopic (exact) mass is 936 g/mol. The third kappa shape index (κ3) is 13.3. The highest BCUT2D eigenvalue weighted by Crippen LogP contribution is 2.62. The summed E-state index contributed by atoms with van der Waals surface area (Å²) in [6.45, 7) is 15.3. The summed E-state index contributed by atoms with van der Waals surface area (Å²) in [7, 11) is 0. The van der Waals surface area contributed by atoms with E-state index < -0.39 is 29.4 Å². The maximum atomic E-state index is 15.4. The third-order valence-electron chi connectivity index (χ3n) is 14.0. The van der Waals surface area contributed by atoms with Gasteiger partial charge < -0.3 is 39.5 Å². The molecule has 3 aliphatic rings. The van der Waals surface area contributed by atoms with Crippen LogP contribution in [-0.4, -0.2) is 76.6 Å². The number of carbonyl (C=O) groups excluding carboxylic acids is 2. The van der Waals surface area contributed by atoms with Crippen LogP contribution in [0.3, 0.4) is 0 Å². The Morgan fingerprint density at radius 1 is 0.897 bits per heavy atom. The van der Waals surface area contributed by atoms with Crippen LogP contribution in [0.5, 0.6) is 11.5 Å². The van der Waals surface area contributed by atoms with Gasteiger partial charge in [-0.3, -0.25) is 4.79 Å². The lowest BCUT2D eigenvalue weighted by Gasteiger charge is -2.60. The fourth-order valence-corrected chi connectivity index (χ4v) is 10.9. The molecule has 0 saturated heterocycles. The maximum Gasteiger partial charge on any atom is 0.412 e. The Bertz CT molecular complexity index is 2160. The average molecular weight is 936 g/mol. The van der Waals surface area contributed by atoms with Gasteiger partial charge in [-0.25, -0.2) is 4.79 Å². The molecule has 68 heavy (non-hydrogen) atoms. The zero-order valence-corrected chi connectivity index (χ0v) is 41.8. The second-order valence-corrected chi connectivity index (χ2v) is 20.1. The summed E-state index contributed by atoms with van der Waals surface area (Å²) in [4.78, 5) is 36.7. The van der Waals surface area contributed by atoms with E-state index in [4.69, 9.17) is 24.2 Å². The molecule has 6 atom stereocenters. The van der Waals surface area contributed by atoms with Crippen molar-refractivity contribution in [1.82, 2.24) is 10.2 Å². The molecule has 2 amide bonds. The van der Waals surface area contributed by atoms with E-state index in [1.54, 1.807) is 12.1 Å². The molecule has 3 aromatic carbocycles. The topological polar surface area (TPSA) is 139 Å². The van der Waals surface area contributed by atoms with Gasteiger partial charge in [0.15, 0.2) is 0 Å². The molecule has 6 unspecified atom stereocenters. The summed E-state index contributed by atoms with van der Waals surface area (Å²) in [6.07, 6.45) is 19.1. The van der Waals surface area contributed by atoms with Crippen LogP contribution in [-0.2, 0) is 20.9 Å². The van der Waals surface area contributed by atoms with Gasteiger partial charge >= 0.3 is 6.09 Å². The summed E-state index contributed by atoms with van der Waals surface area (Å²) in [6, 6.07) is 19.5. The van der Waals surface area contributed by atoms with E-state index in [9.17, 15) is 15.0 Å². The SMILES string of the molecule is C=CCOC12Oc3ccc(OC(=O)NCC)cc3C3C(CCCCO)C(CCCCO)C=C(C(=NOC(C)(C)C)CC1N(Cc1cccc4ccccc14)C(=O)CCCCCCCCCCC)C32. The molecule has 1 aliphatic heterocycles. The molecule has 1 fully saturated rings. The minimum Gasteiger partial charge on any atom is -0.459 e. The van der Waals surface area contributed by atoms with Crippen molar-refractivity contribution >= 4 is 28.5 Å². The Kier molecular flexibility index (Phi) is 20.0. The summed E-state index contributed by atoms with van der Waals surface area (Å²) < 4.78 is 20.7. The highest BCUT2D eigenvalue weighted by atomic mass is 16.7. The van der Waals surface area contributed by atoms with Crippen LogP contribution in [0, 0.1) is 17.8 Å². The van der Waals surface area contributed by atoms with Crippen molar-refractivity contribution in [1.29, 1.82) is 0 Å². The molecule has 1 saturated carbocycles. The Morgan fingerprint density at radius 3 is 2.31 bits per heavy atom. The normalized spacial score (nSPS) is 22.4. The summed E-state index contributed by atoms with van der Waals surface area (Å²) in [5, 5.41) is 30.0. The molecular weight excluding hydrogens is 855 g/mol. The van der Waals surface area contributed by atoms with E-state index in [0.29, 0.717) is 50.3 Å². The molecule has 11 heteroatoms. The van der Waals surface area contributed by atoms with Gasteiger partial charge in [0, 0.05) is 50.6 Å². The summed E-state index contributed by atoms with van der Waals surface area (Å²) >= 11 is 0. The fourth-order valence-electron chi connectivity index (χ4n) is 10.9. The molecule has 3 N–H and O–H groups in total. The van der Waals surface area contributed by atoms with Crippen molar-refractivity contribution in [3.8, 4) is 11.5 Å². The van der Waals surface area contributed by atoms with Crippen LogP contribution in [0.4, 0.5) is 4.79 Å². The molecule has 6 rings (SSSR count). The van der Waals surface area contributed by atoms with Crippen LogP contribution in [0.25, 0.3) is 10.8 Å². The van der Waals surface area contributed by atoms with Gasteiger partial charge in [-0.05, 0) is 112 Å². The minimum absolute atomic E-state index is 0.0239. The first kappa shape index (κ1) is 52.7. The van der Waals surface area contributed by atoms with Gasteiger partial charge in [0.1, 0.15) is 23.1 Å². The number of aliphatic hydroxyl groups excluding tert-OH is 2. The Balaban J connectivity index is 1.55. The number of nitrogens with one attached hydrogen (secondary N) is 1. The fraction of sp³-hybridized carbons (Fsp3) is 0.596. The lowest BCUT2D eigenvalue weighted by Crippen LogP contribution is -2.70. The molecular formula is C57H81N3O8. The number of benzene rings is 3. The Morgan fingerprint density at radius 2 is 1.60 bits per heavy atom. The zero-order valence-electron chi connectivity index (χ0n) is 41.8. The van der Waals surface area contributed by atoms with Crippen molar-refractivity contribution in [2.75, 3.05) is 26.4 Å². The number of unbranched alkanes of at least 4 members (excludes halogenated alkanes) is 10. The summed E-state index contributed by atoms with van der Waals surface area (Å²) in [5.74, 6) is -1.04. The van der Waals surface area contributed by atoms with Gasteiger partial charge in [0.25, 0.3) is 0 Å². The molecule has 0 radical (unpaired) electrons. The van der Waals surface area contributed by atoms with E-state index in [-0.39, 0.29) is 43.5 Å². The van der Waals surface area contributed by atoms with Crippen LogP contribution < -0.4 is 14.8 Å². The van der Waals surface area contributed by atoms with E-state index >= 15 is 4.79 Å². The number of oxime groups is 1. The molecule has 11 nitrogen and oxygen atoms in total. The van der Waals surface area contributed by atoms with Crippen LogP contribution >= 0.6 is 0 Å². The third-order valence-corrected chi connectivity index (χ3v) is 14.0. The van der Waals surface area contributed by atoms with Gasteiger partial charge in [0.05, 0.1) is 18.2 Å². The van der Waals surface area contributed by atoms with Crippen LogP contribution in [0.2, 0.25) is 0 Å². The first-order valence-electron chi connectivity index (χ1n) is 26.0. The molecule has 0 aromatic heterocycles. The van der Waals surface area contributed by atoms with Crippen molar-refractivity contribution in [2.24, 2.45) is 22.9 Å². The van der Waals surface area contributed by atoms with Crippen molar-refractivity contribution in [3.63, 3.8) is 0 Å². The van der Waals surface area contributed by atoms with Crippen LogP contribution in [0.1, 0.15) is 161 Å². The minimum atomic E-state index is -1.41. The molecule has 3 aromatic rings. The van der Waals surface area contributed by atoms with Crippen LogP contribution in [0.15, 0.2) is 90.1 Å². The largest absolute Gasteiger partial charge is 0.459 e. The standard InChI is InChI=1S/C57H81N3O8/c1-7-10-11-12-13-14-15-16-17-31-52(63)60(40-43-28-24-27-41-25-18-19-29-45(41)43)51-39-49(59-68-56(4,5)6)47-37-42(26-20-22-34-61)46(30-21-23-35-62)53-48-38-44(66-55(64)58-9-3)32-33-50(48)67-57(51,54(47)53)65-36-8-2/h8,18-19,24-25,27-29,32-33,37-38,42,46,51,53-54,61-62H,2,7,9-17,20-23,26,30-31,34-36,39-40H2,1,3-6H3,(H,58,64). The molecule has 0 bridgehead atoms. The lowest BCUT2D eigenvalue weighted by molar-refractivity contribution is -0.258. The number of carbonyl (C=O) groups is 2. The molecule has 1 heterocycles. The van der Waals surface area contributed by atoms with E-state index in [2.05, 4.69) is 55.2 Å². The summed E-state index contributed by atoms with van der Waals surface area (Å²) in [5.41, 5.74) is 3.03. The first-order valence-corrected chi connectivity index (χ1v) is 26.0. The number of ether oxygens (including phenoxy) is 3. The molecule has 0 spiro atoms. The van der Waals surface area contributed by atoms with Gasteiger partial charge in [-0.15, -0.1) is 6.58 Å². The number of amides is 2. The number of allylic oxidation sites excluding steroid dienone is 1. The number of nitrogens with zero attached hydrogens (tertiary/aromatic N) is 2. The quantitative estimate of drug-likeness (QED) is 0.0390. The second-order valence-electron chi connectivity index (χ2n) is 20.1. The number of aliphatic hydroxyl groups is 2. The van der Waals surface area contributed by atoms with Crippen molar-refractivity contribution in [2.45, 2.75) is 174 Å². The average Bonchev–Trinajstić information content (AvgIpc) is 3.32. The lowest BCUT2D eigenvalue weighted by atomic mass is 9.55. The predicted octanol–water partition coefficient (Wildman–Crippen LogP) is 12.3. The molecule has 2 aliphatic carbocycles. The highest BCUT2D eigenvalue weighted by molar-refractivity contribution is 6.03. The number of rotatable bonds is 27. The number of fused-ring (bicyclic) bond motifs is 3. The van der Waals surface area contributed by atoms with Gasteiger partial charge in [-0.1, -0.05) is 131 Å².